The third-order valence-corrected chi connectivity index (χ3v) is 3.29. The van der Waals surface area contributed by atoms with Gasteiger partial charge < -0.3 is 10.1 Å². The number of ether oxygens (including phenoxy) is 1. The number of hydrogen-bond donors (Lipinski definition) is 1. The van der Waals surface area contributed by atoms with E-state index in [2.05, 4.69) is 43.1 Å². The molecule has 0 atom stereocenters. The second-order valence-electron chi connectivity index (χ2n) is 4.64. The quantitative estimate of drug-likeness (QED) is 0.848. The summed E-state index contributed by atoms with van der Waals surface area (Å²) >= 11 is 3.39. The van der Waals surface area contributed by atoms with Crippen molar-refractivity contribution in [3.8, 4) is 11.6 Å². The number of halogens is 1. The molecular weight excluding hydrogens is 332 g/mol. The molecule has 0 unspecified atom stereocenters. The third kappa shape index (κ3) is 4.14. The molecule has 0 bridgehead atoms. The minimum atomic E-state index is 0.573. The first-order valence-electron chi connectivity index (χ1n) is 7.03. The minimum absolute atomic E-state index is 0.573. The Labute approximate surface area is 133 Å². The molecule has 2 aromatic heterocycles. The average Bonchev–Trinajstić information content (AvgIpc) is 2.44. The summed E-state index contributed by atoms with van der Waals surface area (Å²) in [5, 5.41) is 3.26. The number of nitrogens with one attached hydrogen (secondary N) is 1. The van der Waals surface area contributed by atoms with Crippen molar-refractivity contribution >= 4 is 21.7 Å². The molecule has 1 N–H and O–H groups in total. The van der Waals surface area contributed by atoms with Gasteiger partial charge in [-0.2, -0.15) is 4.98 Å². The second kappa shape index (κ2) is 7.36. The molecule has 0 aliphatic heterocycles. The van der Waals surface area contributed by atoms with Crippen LogP contribution in [0.3, 0.4) is 0 Å². The van der Waals surface area contributed by atoms with E-state index in [0.29, 0.717) is 11.6 Å². The molecule has 0 saturated carbocycles. The van der Waals surface area contributed by atoms with Crippen molar-refractivity contribution in [1.82, 2.24) is 15.0 Å². The molecular formula is C15H19BrN4O. The van der Waals surface area contributed by atoms with E-state index < -0.39 is 0 Å². The van der Waals surface area contributed by atoms with Gasteiger partial charge in [-0.15, -0.1) is 0 Å². The van der Waals surface area contributed by atoms with Crippen molar-refractivity contribution in [1.29, 1.82) is 0 Å². The molecule has 6 heteroatoms. The van der Waals surface area contributed by atoms with Gasteiger partial charge in [-0.05, 0) is 42.3 Å². The lowest BCUT2D eigenvalue weighted by Gasteiger charge is -2.13. The van der Waals surface area contributed by atoms with Gasteiger partial charge in [0.05, 0.1) is 11.8 Å². The first kappa shape index (κ1) is 15.7. The van der Waals surface area contributed by atoms with Gasteiger partial charge in [-0.1, -0.05) is 6.92 Å². The maximum absolute atomic E-state index is 5.88. The molecule has 2 rings (SSSR count). The van der Waals surface area contributed by atoms with Crippen LogP contribution in [-0.2, 0) is 6.42 Å². The van der Waals surface area contributed by atoms with E-state index >= 15 is 0 Å². The normalized spacial score (nSPS) is 10.5. The van der Waals surface area contributed by atoms with Crippen molar-refractivity contribution in [2.75, 3.05) is 11.9 Å². The molecule has 2 heterocycles. The van der Waals surface area contributed by atoms with E-state index in [-0.39, 0.29) is 0 Å². The molecule has 112 valence electrons. The van der Waals surface area contributed by atoms with Gasteiger partial charge in [0.15, 0.2) is 0 Å². The maximum atomic E-state index is 5.88. The minimum Gasteiger partial charge on any atom is -0.437 e. The molecule has 5 nitrogen and oxygen atoms in total. The van der Waals surface area contributed by atoms with Crippen LogP contribution in [0.1, 0.15) is 31.7 Å². The third-order valence-electron chi connectivity index (χ3n) is 2.86. The van der Waals surface area contributed by atoms with Crippen LogP contribution >= 0.6 is 15.9 Å². The fraction of sp³-hybridized carbons (Fsp3) is 0.400. The molecule has 0 aliphatic rings. The lowest BCUT2D eigenvalue weighted by molar-refractivity contribution is 0.452. The van der Waals surface area contributed by atoms with Gasteiger partial charge in [0.2, 0.25) is 5.88 Å². The topological polar surface area (TPSA) is 59.9 Å². The number of pyridine rings is 1. The molecule has 21 heavy (non-hydrogen) atoms. The summed E-state index contributed by atoms with van der Waals surface area (Å²) in [6.07, 6.45) is 5.20. The molecule has 0 fully saturated rings. The van der Waals surface area contributed by atoms with E-state index in [9.17, 15) is 0 Å². The Balaban J connectivity index is 2.36. The summed E-state index contributed by atoms with van der Waals surface area (Å²) in [6, 6.07) is 1.86. The van der Waals surface area contributed by atoms with Crippen LogP contribution in [-0.4, -0.2) is 21.5 Å². The Bertz CT molecular complexity index is 619. The van der Waals surface area contributed by atoms with E-state index in [4.69, 9.17) is 4.74 Å². The van der Waals surface area contributed by atoms with Crippen molar-refractivity contribution in [2.24, 2.45) is 0 Å². The van der Waals surface area contributed by atoms with Crippen molar-refractivity contribution in [3.63, 3.8) is 0 Å². The Morgan fingerprint density at radius 1 is 1.24 bits per heavy atom. The molecule has 0 amide bonds. The fourth-order valence-electron chi connectivity index (χ4n) is 1.87. The Morgan fingerprint density at radius 2 is 2.05 bits per heavy atom. The zero-order valence-electron chi connectivity index (χ0n) is 12.5. The summed E-state index contributed by atoms with van der Waals surface area (Å²) in [5.74, 6) is 2.84. The SMILES string of the molecule is CCCc1nc(NCC)c(C)c(Oc2cncc(Br)c2)n1. The first-order chi connectivity index (χ1) is 10.1. The van der Waals surface area contributed by atoms with E-state index in [0.717, 1.165) is 41.1 Å². The van der Waals surface area contributed by atoms with Crippen molar-refractivity contribution in [2.45, 2.75) is 33.6 Å². The summed E-state index contributed by atoms with van der Waals surface area (Å²) in [4.78, 5) is 13.2. The molecule has 2 aromatic rings. The van der Waals surface area contributed by atoms with Crippen LogP contribution in [0.15, 0.2) is 22.9 Å². The summed E-state index contributed by atoms with van der Waals surface area (Å²) in [7, 11) is 0. The Hall–Kier alpha value is -1.69. The predicted molar refractivity (Wildman–Crippen MR) is 86.9 cm³/mol. The van der Waals surface area contributed by atoms with Crippen LogP contribution < -0.4 is 10.1 Å². The summed E-state index contributed by atoms with van der Waals surface area (Å²) in [5.41, 5.74) is 0.900. The van der Waals surface area contributed by atoms with Crippen LogP contribution in [0.5, 0.6) is 11.6 Å². The zero-order valence-corrected chi connectivity index (χ0v) is 14.1. The van der Waals surface area contributed by atoms with Crippen molar-refractivity contribution < 1.29 is 4.74 Å². The first-order valence-corrected chi connectivity index (χ1v) is 7.83. The molecule has 0 aliphatic carbocycles. The van der Waals surface area contributed by atoms with Gasteiger partial charge in [0.25, 0.3) is 0 Å². The molecule has 0 radical (unpaired) electrons. The van der Waals surface area contributed by atoms with Gasteiger partial charge in [-0.3, -0.25) is 4.98 Å². The number of hydrogen-bond acceptors (Lipinski definition) is 5. The average molecular weight is 351 g/mol. The lowest BCUT2D eigenvalue weighted by Crippen LogP contribution is -2.08. The van der Waals surface area contributed by atoms with Crippen LogP contribution in [0.25, 0.3) is 0 Å². The van der Waals surface area contributed by atoms with Gasteiger partial charge >= 0.3 is 0 Å². The highest BCUT2D eigenvalue weighted by molar-refractivity contribution is 9.10. The number of anilines is 1. The highest BCUT2D eigenvalue weighted by atomic mass is 79.9. The van der Waals surface area contributed by atoms with E-state index in [1.165, 1.54) is 0 Å². The van der Waals surface area contributed by atoms with Crippen LogP contribution in [0.2, 0.25) is 0 Å². The Morgan fingerprint density at radius 3 is 2.71 bits per heavy atom. The standard InChI is InChI=1S/C15H19BrN4O/c1-4-6-13-19-14(18-5-2)10(3)15(20-13)21-12-7-11(16)8-17-9-12/h7-9H,4-6H2,1-3H3,(H,18,19,20). The van der Waals surface area contributed by atoms with Crippen molar-refractivity contribution in [3.05, 3.63) is 34.3 Å². The molecule has 0 aromatic carbocycles. The van der Waals surface area contributed by atoms with Gasteiger partial charge in [0, 0.05) is 23.6 Å². The smallest absolute Gasteiger partial charge is 0.227 e. The van der Waals surface area contributed by atoms with Crippen LogP contribution in [0.4, 0.5) is 5.82 Å². The number of rotatable bonds is 6. The van der Waals surface area contributed by atoms with Crippen LogP contribution in [0, 0.1) is 6.92 Å². The van der Waals surface area contributed by atoms with Gasteiger partial charge in [0.1, 0.15) is 17.4 Å². The number of aryl methyl sites for hydroxylation is 1. The lowest BCUT2D eigenvalue weighted by atomic mass is 10.2. The number of aromatic nitrogens is 3. The zero-order chi connectivity index (χ0) is 15.2. The maximum Gasteiger partial charge on any atom is 0.227 e. The van der Waals surface area contributed by atoms with Gasteiger partial charge in [-0.25, -0.2) is 4.98 Å². The molecule has 0 saturated heterocycles. The van der Waals surface area contributed by atoms with E-state index in [1.54, 1.807) is 12.4 Å². The second-order valence-corrected chi connectivity index (χ2v) is 5.56. The molecule has 0 spiro atoms. The summed E-state index contributed by atoms with van der Waals surface area (Å²) in [6.45, 7) is 6.91. The highest BCUT2D eigenvalue weighted by Gasteiger charge is 2.12. The number of nitrogens with zero attached hydrogens (tertiary/aromatic N) is 3. The highest BCUT2D eigenvalue weighted by Crippen LogP contribution is 2.28. The monoisotopic (exact) mass is 350 g/mol. The summed E-state index contributed by atoms with van der Waals surface area (Å²) < 4.78 is 6.75. The largest absolute Gasteiger partial charge is 0.437 e. The fourth-order valence-corrected chi connectivity index (χ4v) is 2.22. The van der Waals surface area contributed by atoms with E-state index in [1.807, 2.05) is 19.9 Å². The predicted octanol–water partition coefficient (Wildman–Crippen LogP) is 4.12. The Kier molecular flexibility index (Phi) is 5.50.